The molecule has 1 aliphatic rings. The number of allylic oxidation sites excluding steroid dienone is 7. The van der Waals surface area contributed by atoms with Crippen molar-refractivity contribution in [3.63, 3.8) is 0 Å². The zero-order valence-corrected chi connectivity index (χ0v) is 10.2. The summed E-state index contributed by atoms with van der Waals surface area (Å²) in [5.74, 6) is 0. The van der Waals surface area contributed by atoms with Crippen molar-refractivity contribution in [3.05, 3.63) is 48.1 Å². The summed E-state index contributed by atoms with van der Waals surface area (Å²) in [4.78, 5) is 0. The molecule has 0 saturated heterocycles. The van der Waals surface area contributed by atoms with Gasteiger partial charge >= 0.3 is 21.7 Å². The predicted molar refractivity (Wildman–Crippen MR) is 54.5 cm³/mol. The van der Waals surface area contributed by atoms with Gasteiger partial charge in [0.05, 0.1) is 0 Å². The Bertz CT molecular complexity index is 205. The van der Waals surface area contributed by atoms with Crippen LogP contribution in [0.2, 0.25) is 0 Å². The van der Waals surface area contributed by atoms with Gasteiger partial charge < -0.3 is 0 Å². The molecule has 1 aliphatic carbocycles. The fourth-order valence-electron chi connectivity index (χ4n) is 0.796. The van der Waals surface area contributed by atoms with Gasteiger partial charge in [-0.05, 0) is 0 Å². The van der Waals surface area contributed by atoms with Crippen LogP contribution in [0.5, 0.6) is 0 Å². The van der Waals surface area contributed by atoms with E-state index in [0.29, 0.717) is 0 Å². The van der Waals surface area contributed by atoms with Crippen LogP contribution in [0.15, 0.2) is 35.5 Å². The van der Waals surface area contributed by atoms with Crippen molar-refractivity contribution in [3.8, 4) is 0 Å². The van der Waals surface area contributed by atoms with Crippen LogP contribution in [-0.2, 0) is 21.7 Å². The second-order valence-electron chi connectivity index (χ2n) is 2.97. The Morgan fingerprint density at radius 3 is 2.08 bits per heavy atom. The molecule has 13 heavy (non-hydrogen) atoms. The van der Waals surface area contributed by atoms with E-state index in [-0.39, 0.29) is 21.7 Å². The topological polar surface area (TPSA) is 0 Å². The molecular formula is C12H16Ti. The van der Waals surface area contributed by atoms with Crippen molar-refractivity contribution in [2.24, 2.45) is 0 Å². The average Bonchev–Trinajstić information content (AvgIpc) is 2.36. The minimum absolute atomic E-state index is 0. The molecule has 0 aliphatic heterocycles. The molecule has 0 atom stereocenters. The van der Waals surface area contributed by atoms with Crippen molar-refractivity contribution in [2.45, 2.75) is 27.2 Å². The summed E-state index contributed by atoms with van der Waals surface area (Å²) in [7, 11) is 0. The van der Waals surface area contributed by atoms with E-state index in [9.17, 15) is 0 Å². The van der Waals surface area contributed by atoms with Gasteiger partial charge in [-0.25, -0.2) is 23.8 Å². The molecule has 0 amide bonds. The number of hydrogen-bond acceptors (Lipinski definition) is 0. The van der Waals surface area contributed by atoms with Gasteiger partial charge in [-0.3, -0.25) is 12.7 Å². The van der Waals surface area contributed by atoms with E-state index in [4.69, 9.17) is 6.58 Å². The van der Waals surface area contributed by atoms with E-state index in [0.717, 1.165) is 12.0 Å². The SMILES string of the molecule is [C-]1=CC=CC1.[CH-]=C(C)C=C(C)C.[Ti+2]. The fourth-order valence-corrected chi connectivity index (χ4v) is 0.796. The van der Waals surface area contributed by atoms with E-state index >= 15 is 0 Å². The van der Waals surface area contributed by atoms with Crippen molar-refractivity contribution in [2.75, 3.05) is 0 Å². The van der Waals surface area contributed by atoms with Gasteiger partial charge in [-0.15, -0.1) is 6.42 Å². The molecule has 1 rings (SSSR count). The molecule has 0 saturated carbocycles. The third-order valence-corrected chi connectivity index (χ3v) is 1.10. The van der Waals surface area contributed by atoms with Crippen LogP contribution in [0.3, 0.4) is 0 Å². The second-order valence-corrected chi connectivity index (χ2v) is 2.97. The Hall–Kier alpha value is -0.326. The Labute approximate surface area is 97.0 Å². The van der Waals surface area contributed by atoms with Crippen molar-refractivity contribution < 1.29 is 21.7 Å². The van der Waals surface area contributed by atoms with E-state index in [1.165, 1.54) is 5.57 Å². The molecule has 0 aromatic heterocycles. The maximum atomic E-state index is 5.33. The molecule has 68 valence electrons. The Morgan fingerprint density at radius 2 is 2.00 bits per heavy atom. The number of hydrogen-bond donors (Lipinski definition) is 0. The molecule has 1 heteroatoms. The summed E-state index contributed by atoms with van der Waals surface area (Å²) >= 11 is 0. The van der Waals surface area contributed by atoms with Gasteiger partial charge in [-0.2, -0.15) is 11.6 Å². The summed E-state index contributed by atoms with van der Waals surface area (Å²) in [6.45, 7) is 11.3. The van der Waals surface area contributed by atoms with E-state index in [1.807, 2.05) is 39.0 Å². The second kappa shape index (κ2) is 9.76. The van der Waals surface area contributed by atoms with Gasteiger partial charge in [0.1, 0.15) is 0 Å². The summed E-state index contributed by atoms with van der Waals surface area (Å²) in [5, 5.41) is 0. The van der Waals surface area contributed by atoms with Crippen molar-refractivity contribution in [1.82, 2.24) is 0 Å². The van der Waals surface area contributed by atoms with Crippen LogP contribution in [0, 0.1) is 12.7 Å². The zero-order chi connectivity index (χ0) is 9.40. The molecule has 0 aromatic carbocycles. The van der Waals surface area contributed by atoms with Gasteiger partial charge in [0.2, 0.25) is 0 Å². The van der Waals surface area contributed by atoms with Crippen LogP contribution in [0.4, 0.5) is 0 Å². The van der Waals surface area contributed by atoms with Crippen LogP contribution in [0.25, 0.3) is 0 Å². The minimum Gasteiger partial charge on any atom is -0.290 e. The largest absolute Gasteiger partial charge is 2.00 e. The van der Waals surface area contributed by atoms with Crippen LogP contribution >= 0.6 is 0 Å². The fraction of sp³-hybridized carbons (Fsp3) is 0.333. The van der Waals surface area contributed by atoms with Crippen molar-refractivity contribution >= 4 is 0 Å². The molecule has 0 spiro atoms. The zero-order valence-electron chi connectivity index (χ0n) is 8.59. The molecule has 0 aromatic rings. The Balaban J connectivity index is 0. The third kappa shape index (κ3) is 14.5. The summed E-state index contributed by atoms with van der Waals surface area (Å²) < 4.78 is 0. The van der Waals surface area contributed by atoms with E-state index in [1.54, 1.807) is 0 Å². The first-order valence-corrected chi connectivity index (χ1v) is 4.08. The smallest absolute Gasteiger partial charge is 0.290 e. The maximum absolute atomic E-state index is 5.33. The van der Waals surface area contributed by atoms with Crippen molar-refractivity contribution in [1.29, 1.82) is 0 Å². The molecule has 0 fully saturated rings. The molecular weight excluding hydrogens is 192 g/mol. The molecule has 0 heterocycles. The average molecular weight is 208 g/mol. The van der Waals surface area contributed by atoms with Gasteiger partial charge in [0, 0.05) is 0 Å². The van der Waals surface area contributed by atoms with Gasteiger partial charge in [-0.1, -0.05) is 20.8 Å². The Kier molecular flexibility index (Phi) is 11.4. The molecule has 0 radical (unpaired) electrons. The molecule has 0 unspecified atom stereocenters. The maximum Gasteiger partial charge on any atom is 2.00 e. The van der Waals surface area contributed by atoms with E-state index < -0.39 is 0 Å². The minimum atomic E-state index is 0. The molecule has 0 bridgehead atoms. The van der Waals surface area contributed by atoms with Crippen LogP contribution in [0.1, 0.15) is 27.2 Å². The first-order valence-electron chi connectivity index (χ1n) is 4.08. The van der Waals surface area contributed by atoms with Crippen LogP contribution in [-0.4, -0.2) is 0 Å². The quantitative estimate of drug-likeness (QED) is 0.350. The monoisotopic (exact) mass is 208 g/mol. The van der Waals surface area contributed by atoms with Crippen LogP contribution < -0.4 is 0 Å². The molecule has 0 N–H and O–H groups in total. The number of rotatable bonds is 1. The standard InChI is InChI=1S/C7H11.C5H5.Ti/c1-6(2)5-7(3)4;1-2-4-5-3-1;/h1,5H,2-4H3;1-3H,4H2;/q2*-1;+2. The summed E-state index contributed by atoms with van der Waals surface area (Å²) in [5.41, 5.74) is 2.13. The predicted octanol–water partition coefficient (Wildman–Crippen LogP) is 3.64. The van der Waals surface area contributed by atoms with Gasteiger partial charge in [0.15, 0.2) is 0 Å². The van der Waals surface area contributed by atoms with E-state index in [2.05, 4.69) is 12.2 Å². The van der Waals surface area contributed by atoms with Gasteiger partial charge in [0.25, 0.3) is 0 Å². The first kappa shape index (κ1) is 15.2. The Morgan fingerprint density at radius 1 is 1.38 bits per heavy atom. The first-order chi connectivity index (χ1) is 5.63. The normalized spacial score (nSPS) is 11.0. The molecule has 0 nitrogen and oxygen atoms in total. The third-order valence-electron chi connectivity index (χ3n) is 1.10. The summed E-state index contributed by atoms with van der Waals surface area (Å²) in [6.07, 6.45) is 11.9. The summed E-state index contributed by atoms with van der Waals surface area (Å²) in [6, 6.07) is 0.